The van der Waals surface area contributed by atoms with Gasteiger partial charge in [0, 0.05) is 21.8 Å². The summed E-state index contributed by atoms with van der Waals surface area (Å²) in [5.41, 5.74) is 0.381. The molecule has 0 saturated carbocycles. The molecule has 0 heterocycles. The molecule has 3 nitrogen and oxygen atoms in total. The molecule has 0 aliphatic rings. The fraction of sp³-hybridized carbons (Fsp3) is 0.250. The number of rotatable bonds is 4. The number of carbonyl (C=O) groups is 2. The maximum absolute atomic E-state index is 11.0. The summed E-state index contributed by atoms with van der Waals surface area (Å²) >= 11 is 6.03. The zero-order valence-electron chi connectivity index (χ0n) is 6.81. The maximum atomic E-state index is 11.0. The Kier molecular flexibility index (Phi) is 5.90. The summed E-state index contributed by atoms with van der Waals surface area (Å²) in [6.07, 6.45) is 0. The molecular weight excluding hydrogens is 304 g/mol. The molecule has 0 amide bonds. The summed E-state index contributed by atoms with van der Waals surface area (Å²) in [7, 11) is 0. The lowest BCUT2D eigenvalue weighted by molar-refractivity contribution is -0.153. The highest BCUT2D eigenvalue weighted by molar-refractivity contribution is 9.09. The molecule has 0 aromatic carbocycles. The third kappa shape index (κ3) is 4.38. The van der Waals surface area contributed by atoms with Gasteiger partial charge in [-0.2, -0.15) is 0 Å². The minimum absolute atomic E-state index is 0.190. The van der Waals surface area contributed by atoms with Gasteiger partial charge in [-0.05, 0) is 0 Å². The van der Waals surface area contributed by atoms with Crippen molar-refractivity contribution in [3.63, 3.8) is 0 Å². The molecular formula is C8H8Br2O3. The number of carbonyl (C=O) groups excluding carboxylic acids is 2. The summed E-state index contributed by atoms with van der Waals surface area (Å²) in [6, 6.07) is 0. The van der Waals surface area contributed by atoms with Crippen molar-refractivity contribution in [2.24, 2.45) is 0 Å². The van der Waals surface area contributed by atoms with Crippen molar-refractivity contribution in [3.8, 4) is 0 Å². The Labute approximate surface area is 93.1 Å². The van der Waals surface area contributed by atoms with Crippen LogP contribution in [0.1, 0.15) is 0 Å². The number of hydrogen-bond acceptors (Lipinski definition) is 3. The van der Waals surface area contributed by atoms with Gasteiger partial charge in [-0.3, -0.25) is 0 Å². The van der Waals surface area contributed by atoms with Gasteiger partial charge in [0.2, 0.25) is 0 Å². The minimum atomic E-state index is -0.732. The molecule has 0 aliphatic carbocycles. The molecule has 0 fully saturated rings. The van der Waals surface area contributed by atoms with E-state index in [9.17, 15) is 9.59 Å². The molecule has 5 heteroatoms. The van der Waals surface area contributed by atoms with Crippen LogP contribution >= 0.6 is 31.9 Å². The Hall–Kier alpha value is -0.420. The van der Waals surface area contributed by atoms with Crippen LogP contribution in [0.15, 0.2) is 24.3 Å². The van der Waals surface area contributed by atoms with E-state index < -0.39 is 11.9 Å². The number of halogens is 2. The predicted molar refractivity (Wildman–Crippen MR) is 57.0 cm³/mol. The van der Waals surface area contributed by atoms with Crippen molar-refractivity contribution < 1.29 is 14.3 Å². The molecule has 0 rings (SSSR count). The Morgan fingerprint density at radius 2 is 1.31 bits per heavy atom. The predicted octanol–water partition coefficient (Wildman–Crippen LogP) is 1.96. The van der Waals surface area contributed by atoms with E-state index >= 15 is 0 Å². The SMILES string of the molecule is C=C(CBr)C(=O)OC(=O)C(=C)CBr. The van der Waals surface area contributed by atoms with Crippen LogP contribution in [0.2, 0.25) is 0 Å². The van der Waals surface area contributed by atoms with Crippen LogP contribution in [0.5, 0.6) is 0 Å². The van der Waals surface area contributed by atoms with E-state index in [0.29, 0.717) is 0 Å². The highest BCUT2D eigenvalue weighted by atomic mass is 79.9. The molecule has 0 radical (unpaired) electrons. The van der Waals surface area contributed by atoms with E-state index in [4.69, 9.17) is 0 Å². The van der Waals surface area contributed by atoms with Crippen molar-refractivity contribution in [1.82, 2.24) is 0 Å². The molecule has 0 aliphatic heterocycles. The van der Waals surface area contributed by atoms with E-state index in [-0.39, 0.29) is 21.8 Å². The summed E-state index contributed by atoms with van der Waals surface area (Å²) in [5, 5.41) is 0.555. The van der Waals surface area contributed by atoms with Gasteiger partial charge >= 0.3 is 11.9 Å². The average molecular weight is 312 g/mol. The Morgan fingerprint density at radius 1 is 1.00 bits per heavy atom. The second kappa shape index (κ2) is 6.10. The molecule has 0 atom stereocenters. The Balaban J connectivity index is 4.15. The van der Waals surface area contributed by atoms with Gasteiger partial charge in [-0.25, -0.2) is 9.59 Å². The highest BCUT2D eigenvalue weighted by Crippen LogP contribution is 2.04. The van der Waals surface area contributed by atoms with Crippen molar-refractivity contribution in [2.45, 2.75) is 0 Å². The number of ether oxygens (including phenoxy) is 1. The smallest absolute Gasteiger partial charge is 0.342 e. The van der Waals surface area contributed by atoms with E-state index in [0.717, 1.165) is 0 Å². The van der Waals surface area contributed by atoms with Gasteiger partial charge in [-0.15, -0.1) is 0 Å². The average Bonchev–Trinajstić information content (AvgIpc) is 2.14. The highest BCUT2D eigenvalue weighted by Gasteiger charge is 2.14. The fourth-order valence-electron chi connectivity index (χ4n) is 0.338. The van der Waals surface area contributed by atoms with Gasteiger partial charge < -0.3 is 4.74 Å². The van der Waals surface area contributed by atoms with Gasteiger partial charge in [0.25, 0.3) is 0 Å². The first kappa shape index (κ1) is 12.6. The van der Waals surface area contributed by atoms with Crippen molar-refractivity contribution in [1.29, 1.82) is 0 Å². The number of esters is 2. The van der Waals surface area contributed by atoms with Gasteiger partial charge in [-0.1, -0.05) is 45.0 Å². The number of hydrogen-bond donors (Lipinski definition) is 0. The third-order valence-corrected chi connectivity index (χ3v) is 2.44. The fourth-order valence-corrected chi connectivity index (χ4v) is 0.795. The Bertz CT molecular complexity index is 232. The van der Waals surface area contributed by atoms with Gasteiger partial charge in [0.15, 0.2) is 0 Å². The lowest BCUT2D eigenvalue weighted by atomic mass is 10.3. The molecule has 0 N–H and O–H groups in total. The second-order valence-corrected chi connectivity index (χ2v) is 3.27. The van der Waals surface area contributed by atoms with Crippen LogP contribution in [-0.2, 0) is 14.3 Å². The molecule has 0 aromatic rings. The quantitative estimate of drug-likeness (QED) is 0.345. The standard InChI is InChI=1S/C8H8Br2O3/c1-5(3-9)7(11)13-8(12)6(2)4-10/h1-4H2. The first-order valence-electron chi connectivity index (χ1n) is 3.27. The molecule has 0 unspecified atom stereocenters. The summed E-state index contributed by atoms with van der Waals surface area (Å²) in [5.74, 6) is -1.46. The van der Waals surface area contributed by atoms with Gasteiger partial charge in [0.1, 0.15) is 0 Å². The van der Waals surface area contributed by atoms with E-state index in [2.05, 4.69) is 49.8 Å². The van der Waals surface area contributed by atoms with Crippen molar-refractivity contribution in [3.05, 3.63) is 24.3 Å². The van der Waals surface area contributed by atoms with Crippen LogP contribution < -0.4 is 0 Å². The largest absolute Gasteiger partial charge is 0.386 e. The molecule has 0 aromatic heterocycles. The Morgan fingerprint density at radius 3 is 1.54 bits per heavy atom. The topological polar surface area (TPSA) is 43.4 Å². The first-order chi connectivity index (χ1) is 6.02. The molecule has 0 spiro atoms. The van der Waals surface area contributed by atoms with Gasteiger partial charge in [0.05, 0.1) is 0 Å². The normalized spacial score (nSPS) is 9.08. The monoisotopic (exact) mass is 310 g/mol. The number of alkyl halides is 2. The van der Waals surface area contributed by atoms with Crippen LogP contribution in [0.3, 0.4) is 0 Å². The second-order valence-electron chi connectivity index (χ2n) is 2.15. The van der Waals surface area contributed by atoms with Crippen LogP contribution in [0.25, 0.3) is 0 Å². The summed E-state index contributed by atoms with van der Waals surface area (Å²) in [6.45, 7) is 6.79. The van der Waals surface area contributed by atoms with E-state index in [1.807, 2.05) is 0 Å². The van der Waals surface area contributed by atoms with Crippen LogP contribution in [-0.4, -0.2) is 22.6 Å². The van der Waals surface area contributed by atoms with Crippen LogP contribution in [0.4, 0.5) is 0 Å². The molecule has 0 bridgehead atoms. The van der Waals surface area contributed by atoms with E-state index in [1.165, 1.54) is 0 Å². The lowest BCUT2D eigenvalue weighted by Gasteiger charge is -2.02. The third-order valence-electron chi connectivity index (χ3n) is 1.09. The summed E-state index contributed by atoms with van der Waals surface area (Å²) in [4.78, 5) is 22.0. The summed E-state index contributed by atoms with van der Waals surface area (Å²) < 4.78 is 4.42. The molecule has 72 valence electrons. The van der Waals surface area contributed by atoms with Crippen LogP contribution in [0, 0.1) is 0 Å². The maximum Gasteiger partial charge on any atom is 0.342 e. The van der Waals surface area contributed by atoms with Crippen molar-refractivity contribution in [2.75, 3.05) is 10.7 Å². The minimum Gasteiger partial charge on any atom is -0.386 e. The molecule has 0 saturated heterocycles. The van der Waals surface area contributed by atoms with Crippen molar-refractivity contribution >= 4 is 43.8 Å². The lowest BCUT2D eigenvalue weighted by Crippen LogP contribution is -2.16. The first-order valence-corrected chi connectivity index (χ1v) is 5.51. The van der Waals surface area contributed by atoms with E-state index in [1.54, 1.807) is 0 Å². The zero-order chi connectivity index (χ0) is 10.4. The zero-order valence-corrected chi connectivity index (χ0v) is 9.98. The molecule has 13 heavy (non-hydrogen) atoms.